The van der Waals surface area contributed by atoms with Crippen molar-refractivity contribution < 1.29 is 57.3 Å². The average molecular weight is 698 g/mol. The van der Waals surface area contributed by atoms with E-state index in [4.69, 9.17) is 42.6 Å². The topological polar surface area (TPSA) is 161 Å². The van der Waals surface area contributed by atoms with Gasteiger partial charge in [-0.25, -0.2) is 0 Å². The molecule has 0 amide bonds. The fourth-order valence-corrected chi connectivity index (χ4v) is 4.85. The first-order chi connectivity index (χ1) is 23.9. The third kappa shape index (κ3) is 24.2. The predicted octanol–water partition coefficient (Wildman–Crippen LogP) is 4.13. The van der Waals surface area contributed by atoms with Crippen molar-refractivity contribution in [1.29, 1.82) is 5.26 Å². The molecule has 1 aromatic carbocycles. The maximum atomic E-state index is 13.0. The summed E-state index contributed by atoms with van der Waals surface area (Å²) in [5.74, 6) is -3.16. The molecule has 1 rings (SSSR count). The van der Waals surface area contributed by atoms with Crippen molar-refractivity contribution in [3.05, 3.63) is 35.9 Å². The van der Waals surface area contributed by atoms with E-state index in [1.807, 2.05) is 30.3 Å². The van der Waals surface area contributed by atoms with Gasteiger partial charge in [-0.1, -0.05) is 44.2 Å². The van der Waals surface area contributed by atoms with Crippen LogP contribution in [-0.2, 0) is 52.2 Å². The van der Waals surface area contributed by atoms with Crippen LogP contribution in [0.25, 0.3) is 0 Å². The van der Waals surface area contributed by atoms with Crippen LogP contribution in [-0.4, -0.2) is 130 Å². The number of carboxylic acids is 1. The van der Waals surface area contributed by atoms with Crippen molar-refractivity contribution >= 4 is 11.9 Å². The van der Waals surface area contributed by atoms with E-state index in [0.29, 0.717) is 98.9 Å². The molecule has 0 saturated heterocycles. The molecule has 0 aliphatic rings. The van der Waals surface area contributed by atoms with Gasteiger partial charge in [0.2, 0.25) is 0 Å². The van der Waals surface area contributed by atoms with E-state index in [0.717, 1.165) is 12.0 Å². The van der Waals surface area contributed by atoms with Gasteiger partial charge in [0.1, 0.15) is 6.61 Å². The zero-order valence-corrected chi connectivity index (χ0v) is 29.7. The monoisotopic (exact) mass is 697 g/mol. The summed E-state index contributed by atoms with van der Waals surface area (Å²) >= 11 is 0. The van der Waals surface area contributed by atoms with Gasteiger partial charge >= 0.3 is 11.9 Å². The summed E-state index contributed by atoms with van der Waals surface area (Å²) in [5, 5.41) is 19.3. The number of rotatable bonds is 34. The summed E-state index contributed by atoms with van der Waals surface area (Å²) in [6.07, 6.45) is 1.80. The highest BCUT2D eigenvalue weighted by Gasteiger charge is 2.29. The molecule has 0 aromatic heterocycles. The zero-order chi connectivity index (χ0) is 35.8. The Morgan fingerprint density at radius 1 is 0.673 bits per heavy atom. The Bertz CT molecular complexity index is 977. The van der Waals surface area contributed by atoms with Gasteiger partial charge in [0, 0.05) is 13.0 Å². The maximum Gasteiger partial charge on any atom is 0.309 e. The number of carbonyl (C=O) groups is 2. The summed E-state index contributed by atoms with van der Waals surface area (Å²) in [6.45, 7) is 10.4. The molecular formula is C36H59NO12. The van der Waals surface area contributed by atoms with Gasteiger partial charge in [-0.3, -0.25) is 9.59 Å². The molecule has 0 spiro atoms. The molecule has 0 bridgehead atoms. The summed E-state index contributed by atoms with van der Waals surface area (Å²) in [5.41, 5.74) is 1.15. The van der Waals surface area contributed by atoms with Crippen LogP contribution in [0.2, 0.25) is 0 Å². The zero-order valence-electron chi connectivity index (χ0n) is 29.7. The minimum absolute atomic E-state index is 0.0304. The molecule has 49 heavy (non-hydrogen) atoms. The Labute approximate surface area is 292 Å². The number of carboxylic acid groups (broad SMARTS) is 1. The fourth-order valence-electron chi connectivity index (χ4n) is 4.85. The minimum Gasteiger partial charge on any atom is -0.481 e. The molecular weight excluding hydrogens is 638 g/mol. The number of nitrogens with zero attached hydrogens (tertiary/aromatic N) is 1. The summed E-state index contributed by atoms with van der Waals surface area (Å²) in [6, 6.07) is 12.3. The maximum absolute atomic E-state index is 13.0. The number of carbonyl (C=O) groups excluding carboxylic acids is 1. The lowest BCUT2D eigenvalue weighted by Crippen LogP contribution is -2.27. The van der Waals surface area contributed by atoms with Crippen LogP contribution in [0.15, 0.2) is 30.3 Å². The number of ether oxygens (including phenoxy) is 9. The highest BCUT2D eigenvalue weighted by Crippen LogP contribution is 2.31. The molecule has 0 aliphatic carbocycles. The third-order valence-electron chi connectivity index (χ3n) is 7.61. The molecule has 0 aliphatic heterocycles. The first kappa shape index (κ1) is 44.4. The molecule has 1 N–H and O–H groups in total. The second-order valence-corrected chi connectivity index (χ2v) is 11.4. The Morgan fingerprint density at radius 3 is 1.49 bits per heavy atom. The summed E-state index contributed by atoms with van der Waals surface area (Å²) < 4.78 is 48.4. The first-order valence-electron chi connectivity index (χ1n) is 17.3. The number of nitriles is 1. The van der Waals surface area contributed by atoms with Crippen LogP contribution in [0.4, 0.5) is 0 Å². The number of hydrogen-bond acceptors (Lipinski definition) is 12. The standard InChI is InChI=1S/C36H59NO12/c1-4-32(33-8-6-5-7-9-33)27-31(29-37)28-34(26-30(2)35(38)39)36(40)49-25-24-48-23-22-47-21-20-46-19-18-45-17-16-44-15-14-43-13-12-42-11-10-41-3/h5-9,30-32,34H,4,10-28H2,1-3H3,(H,38,39). The van der Waals surface area contributed by atoms with Crippen LogP contribution >= 0.6 is 0 Å². The van der Waals surface area contributed by atoms with Crippen molar-refractivity contribution in [2.75, 3.05) is 113 Å². The van der Waals surface area contributed by atoms with E-state index in [9.17, 15) is 20.0 Å². The van der Waals surface area contributed by atoms with Gasteiger partial charge in [0.15, 0.2) is 0 Å². The molecule has 1 aromatic rings. The number of methoxy groups -OCH3 is 1. The Morgan fingerprint density at radius 2 is 1.10 bits per heavy atom. The van der Waals surface area contributed by atoms with Crippen LogP contribution in [0.1, 0.15) is 51.0 Å². The molecule has 13 heteroatoms. The lowest BCUT2D eigenvalue weighted by molar-refractivity contribution is -0.152. The van der Waals surface area contributed by atoms with Gasteiger partial charge in [0.25, 0.3) is 0 Å². The first-order valence-corrected chi connectivity index (χ1v) is 17.3. The van der Waals surface area contributed by atoms with E-state index >= 15 is 0 Å². The van der Waals surface area contributed by atoms with Crippen molar-refractivity contribution in [3.63, 3.8) is 0 Å². The number of benzene rings is 1. The van der Waals surface area contributed by atoms with Crippen molar-refractivity contribution in [2.45, 2.75) is 45.4 Å². The molecule has 0 radical (unpaired) electrons. The number of esters is 1. The van der Waals surface area contributed by atoms with Gasteiger partial charge in [-0.05, 0) is 37.2 Å². The van der Waals surface area contributed by atoms with Gasteiger partial charge in [0.05, 0.1) is 117 Å². The molecule has 4 unspecified atom stereocenters. The quantitative estimate of drug-likeness (QED) is 0.0809. The van der Waals surface area contributed by atoms with Gasteiger partial charge < -0.3 is 47.7 Å². The van der Waals surface area contributed by atoms with E-state index < -0.39 is 29.7 Å². The van der Waals surface area contributed by atoms with E-state index in [1.54, 1.807) is 14.0 Å². The summed E-state index contributed by atoms with van der Waals surface area (Å²) in [4.78, 5) is 24.5. The number of aliphatic carboxylic acids is 1. The minimum atomic E-state index is -0.986. The normalized spacial score (nSPS) is 13.8. The Kier molecular flexibility index (Phi) is 28.3. The van der Waals surface area contributed by atoms with Crippen LogP contribution < -0.4 is 0 Å². The SMILES string of the molecule is CCC(CC(C#N)CC(CC(C)C(=O)O)C(=O)OCCOCCOCCOCCOCCOCCOCCOCCOC)c1ccccc1. The van der Waals surface area contributed by atoms with E-state index in [-0.39, 0.29) is 32.0 Å². The lowest BCUT2D eigenvalue weighted by Gasteiger charge is -2.23. The highest BCUT2D eigenvalue weighted by molar-refractivity contribution is 5.75. The largest absolute Gasteiger partial charge is 0.481 e. The van der Waals surface area contributed by atoms with Crippen molar-refractivity contribution in [1.82, 2.24) is 0 Å². The Hall–Kier alpha value is -2.67. The molecule has 13 nitrogen and oxygen atoms in total. The van der Waals surface area contributed by atoms with E-state index in [1.165, 1.54) is 0 Å². The second kappa shape index (κ2) is 31.3. The smallest absolute Gasteiger partial charge is 0.309 e. The van der Waals surface area contributed by atoms with Crippen molar-refractivity contribution in [3.8, 4) is 6.07 Å². The van der Waals surface area contributed by atoms with E-state index in [2.05, 4.69) is 13.0 Å². The van der Waals surface area contributed by atoms with Gasteiger partial charge in [-0.15, -0.1) is 0 Å². The van der Waals surface area contributed by atoms with Gasteiger partial charge in [-0.2, -0.15) is 5.26 Å². The fraction of sp³-hybridized carbons (Fsp3) is 0.750. The third-order valence-corrected chi connectivity index (χ3v) is 7.61. The molecule has 4 atom stereocenters. The number of hydrogen-bond donors (Lipinski definition) is 1. The summed E-state index contributed by atoms with van der Waals surface area (Å²) in [7, 11) is 1.63. The Balaban J connectivity index is 2.10. The molecule has 280 valence electrons. The predicted molar refractivity (Wildman–Crippen MR) is 181 cm³/mol. The van der Waals surface area contributed by atoms with Crippen molar-refractivity contribution in [2.24, 2.45) is 17.8 Å². The molecule has 0 fully saturated rings. The van der Waals surface area contributed by atoms with Crippen LogP contribution in [0.3, 0.4) is 0 Å². The average Bonchev–Trinajstić information content (AvgIpc) is 3.11. The second-order valence-electron chi connectivity index (χ2n) is 11.4. The lowest BCUT2D eigenvalue weighted by atomic mass is 9.81. The molecule has 0 saturated carbocycles. The molecule has 0 heterocycles. The van der Waals surface area contributed by atoms with Crippen LogP contribution in [0, 0.1) is 29.1 Å². The highest BCUT2D eigenvalue weighted by atomic mass is 16.6. The van der Waals surface area contributed by atoms with Crippen LogP contribution in [0.5, 0.6) is 0 Å².